The first-order valence-electron chi connectivity index (χ1n) is 9.30. The van der Waals surface area contributed by atoms with Crippen molar-refractivity contribution in [2.24, 2.45) is 0 Å². The summed E-state index contributed by atoms with van der Waals surface area (Å²) < 4.78 is 35.8. The molecule has 0 aliphatic rings. The van der Waals surface area contributed by atoms with Crippen molar-refractivity contribution >= 4 is 31.6 Å². The van der Waals surface area contributed by atoms with Crippen molar-refractivity contribution in [1.82, 2.24) is 9.29 Å². The van der Waals surface area contributed by atoms with Gasteiger partial charge >= 0.3 is 4.87 Å². The Hall–Kier alpha value is -2.16. The van der Waals surface area contributed by atoms with Gasteiger partial charge in [0.2, 0.25) is 10.0 Å². The Morgan fingerprint density at radius 2 is 1.93 bits per heavy atom. The summed E-state index contributed by atoms with van der Waals surface area (Å²) in [5.74, 6) is 0.841. The van der Waals surface area contributed by atoms with Crippen LogP contribution >= 0.6 is 11.3 Å². The summed E-state index contributed by atoms with van der Waals surface area (Å²) in [5.41, 5.74) is 1.83. The van der Waals surface area contributed by atoms with Crippen LogP contribution < -0.4 is 14.3 Å². The van der Waals surface area contributed by atoms with Gasteiger partial charge in [0.05, 0.1) is 21.7 Å². The van der Waals surface area contributed by atoms with Crippen LogP contribution in [0, 0.1) is 0 Å². The number of fused-ring (bicyclic) bond motifs is 1. The average molecular weight is 421 g/mol. The molecular weight excluding hydrogens is 396 g/mol. The minimum absolute atomic E-state index is 0.0760. The molecular formula is C20H24N2O4S2. The van der Waals surface area contributed by atoms with Gasteiger partial charge in [-0.1, -0.05) is 29.5 Å². The maximum atomic E-state index is 12.6. The number of ether oxygens (including phenoxy) is 1. The number of aryl methyl sites for hydroxylation is 2. The van der Waals surface area contributed by atoms with Gasteiger partial charge in [-0.3, -0.25) is 9.36 Å². The van der Waals surface area contributed by atoms with Gasteiger partial charge in [-0.15, -0.1) is 0 Å². The van der Waals surface area contributed by atoms with E-state index in [0.29, 0.717) is 30.8 Å². The van der Waals surface area contributed by atoms with Crippen LogP contribution in [-0.2, 0) is 23.0 Å². The molecule has 28 heavy (non-hydrogen) atoms. The molecule has 150 valence electrons. The lowest BCUT2D eigenvalue weighted by Gasteiger charge is -2.10. The molecule has 3 rings (SSSR count). The van der Waals surface area contributed by atoms with Crippen LogP contribution in [0.5, 0.6) is 5.75 Å². The highest BCUT2D eigenvalue weighted by atomic mass is 32.2. The molecule has 1 aromatic heterocycles. The molecule has 0 aliphatic carbocycles. The number of sulfonamides is 1. The first-order valence-corrected chi connectivity index (χ1v) is 11.6. The predicted molar refractivity (Wildman–Crippen MR) is 113 cm³/mol. The number of para-hydroxylation sites is 1. The van der Waals surface area contributed by atoms with Gasteiger partial charge in [0.25, 0.3) is 0 Å². The highest BCUT2D eigenvalue weighted by molar-refractivity contribution is 7.89. The quantitative estimate of drug-likeness (QED) is 0.538. The topological polar surface area (TPSA) is 77.4 Å². The summed E-state index contributed by atoms with van der Waals surface area (Å²) in [7, 11) is -3.62. The standard InChI is InChI=1S/C20H24N2O4S2/c1-3-22-17-12-11-16(14-19(17)27-20(22)23)28(24,25)21-13-7-9-15-8-5-6-10-18(15)26-4-2/h5-6,8,10-12,14,21H,3-4,7,9,13H2,1-2H3. The number of hydrogen-bond acceptors (Lipinski definition) is 5. The molecule has 0 unspecified atom stereocenters. The zero-order valence-corrected chi connectivity index (χ0v) is 17.6. The molecule has 0 fully saturated rings. The van der Waals surface area contributed by atoms with E-state index in [9.17, 15) is 13.2 Å². The highest BCUT2D eigenvalue weighted by Gasteiger charge is 2.16. The molecule has 0 spiro atoms. The van der Waals surface area contributed by atoms with Crippen LogP contribution in [0.3, 0.4) is 0 Å². The molecule has 3 aromatic rings. The van der Waals surface area contributed by atoms with Crippen molar-refractivity contribution in [2.75, 3.05) is 13.2 Å². The second-order valence-corrected chi connectivity index (χ2v) is 9.04. The summed E-state index contributed by atoms with van der Waals surface area (Å²) in [6, 6.07) is 12.6. The van der Waals surface area contributed by atoms with E-state index in [2.05, 4.69) is 4.72 Å². The zero-order chi connectivity index (χ0) is 20.1. The summed E-state index contributed by atoms with van der Waals surface area (Å²) >= 11 is 1.07. The second-order valence-electron chi connectivity index (χ2n) is 6.28. The summed E-state index contributed by atoms with van der Waals surface area (Å²) in [6.45, 7) is 5.31. The molecule has 1 heterocycles. The SMILES string of the molecule is CCOc1ccccc1CCCNS(=O)(=O)c1ccc2c(c1)sc(=O)n2CC. The lowest BCUT2D eigenvalue weighted by atomic mass is 10.1. The molecule has 1 N–H and O–H groups in total. The van der Waals surface area contributed by atoms with Gasteiger partial charge in [-0.05, 0) is 56.5 Å². The van der Waals surface area contributed by atoms with E-state index in [4.69, 9.17) is 4.74 Å². The summed E-state index contributed by atoms with van der Waals surface area (Å²) in [4.78, 5) is 12.1. The number of nitrogens with one attached hydrogen (secondary N) is 1. The predicted octanol–water partition coefficient (Wildman–Crippen LogP) is 3.39. The minimum Gasteiger partial charge on any atom is -0.494 e. The van der Waals surface area contributed by atoms with Crippen molar-refractivity contribution in [3.63, 3.8) is 0 Å². The third-order valence-corrected chi connectivity index (χ3v) is 6.85. The van der Waals surface area contributed by atoms with Crippen molar-refractivity contribution < 1.29 is 13.2 Å². The van der Waals surface area contributed by atoms with E-state index < -0.39 is 10.0 Å². The Morgan fingerprint density at radius 3 is 2.68 bits per heavy atom. The third-order valence-electron chi connectivity index (χ3n) is 4.45. The van der Waals surface area contributed by atoms with Crippen molar-refractivity contribution in [3.05, 3.63) is 57.7 Å². The van der Waals surface area contributed by atoms with Crippen LogP contribution in [0.2, 0.25) is 0 Å². The lowest BCUT2D eigenvalue weighted by Crippen LogP contribution is -2.25. The molecule has 0 aliphatic heterocycles. The monoisotopic (exact) mass is 420 g/mol. The normalized spacial score (nSPS) is 11.8. The number of hydrogen-bond donors (Lipinski definition) is 1. The van der Waals surface area contributed by atoms with Gasteiger partial charge in [0, 0.05) is 13.1 Å². The summed E-state index contributed by atoms with van der Waals surface area (Å²) in [5, 5.41) is 0. The molecule has 8 heteroatoms. The maximum Gasteiger partial charge on any atom is 0.308 e. The number of rotatable bonds is 9. The van der Waals surface area contributed by atoms with Crippen LogP contribution in [0.25, 0.3) is 10.2 Å². The smallest absolute Gasteiger partial charge is 0.308 e. The van der Waals surface area contributed by atoms with E-state index in [1.165, 1.54) is 0 Å². The number of benzene rings is 2. The molecule has 0 radical (unpaired) electrons. The van der Waals surface area contributed by atoms with Gasteiger partial charge < -0.3 is 4.74 Å². The van der Waals surface area contributed by atoms with Crippen molar-refractivity contribution in [2.45, 2.75) is 38.1 Å². The fraction of sp³-hybridized carbons (Fsp3) is 0.350. The largest absolute Gasteiger partial charge is 0.494 e. The Balaban J connectivity index is 1.66. The molecule has 0 atom stereocenters. The fourth-order valence-corrected chi connectivity index (χ4v) is 5.26. The van der Waals surface area contributed by atoms with Crippen LogP contribution in [-0.4, -0.2) is 26.1 Å². The highest BCUT2D eigenvalue weighted by Crippen LogP contribution is 2.22. The molecule has 2 aromatic carbocycles. The first-order chi connectivity index (χ1) is 13.5. The van der Waals surface area contributed by atoms with Crippen LogP contribution in [0.15, 0.2) is 52.2 Å². The number of thiazole rings is 1. The first kappa shape index (κ1) is 20.6. The van der Waals surface area contributed by atoms with Gasteiger partial charge in [0.15, 0.2) is 0 Å². The Kier molecular flexibility index (Phi) is 6.53. The average Bonchev–Trinajstić information content (AvgIpc) is 3.00. The van der Waals surface area contributed by atoms with Crippen molar-refractivity contribution in [1.29, 1.82) is 0 Å². The molecule has 6 nitrogen and oxygen atoms in total. The van der Waals surface area contributed by atoms with Crippen LogP contribution in [0.4, 0.5) is 0 Å². The lowest BCUT2D eigenvalue weighted by molar-refractivity contribution is 0.336. The number of nitrogens with zero attached hydrogens (tertiary/aromatic N) is 1. The van der Waals surface area contributed by atoms with E-state index in [0.717, 1.165) is 34.6 Å². The fourth-order valence-electron chi connectivity index (χ4n) is 3.09. The Morgan fingerprint density at radius 1 is 1.14 bits per heavy atom. The molecule has 0 saturated carbocycles. The van der Waals surface area contributed by atoms with E-state index >= 15 is 0 Å². The van der Waals surface area contributed by atoms with Crippen LogP contribution in [0.1, 0.15) is 25.8 Å². The van der Waals surface area contributed by atoms with E-state index in [1.807, 2.05) is 38.1 Å². The van der Waals surface area contributed by atoms with Crippen molar-refractivity contribution in [3.8, 4) is 5.75 Å². The molecule has 0 bridgehead atoms. The maximum absolute atomic E-state index is 12.6. The minimum atomic E-state index is -3.62. The third kappa shape index (κ3) is 4.45. The Labute approximate surface area is 168 Å². The second kappa shape index (κ2) is 8.89. The zero-order valence-electron chi connectivity index (χ0n) is 16.0. The Bertz CT molecular complexity index is 1120. The van der Waals surface area contributed by atoms with E-state index in [1.54, 1.807) is 22.8 Å². The van der Waals surface area contributed by atoms with Gasteiger partial charge in [-0.2, -0.15) is 0 Å². The summed E-state index contributed by atoms with van der Waals surface area (Å²) in [6.07, 6.45) is 1.38. The van der Waals surface area contributed by atoms with Gasteiger partial charge in [0.1, 0.15) is 5.75 Å². The molecule has 0 amide bonds. The van der Waals surface area contributed by atoms with E-state index in [-0.39, 0.29) is 9.77 Å². The molecule has 0 saturated heterocycles. The number of aromatic nitrogens is 1. The van der Waals surface area contributed by atoms with Gasteiger partial charge in [-0.25, -0.2) is 13.1 Å².